The van der Waals surface area contributed by atoms with E-state index in [-0.39, 0.29) is 12.5 Å². The molecule has 0 saturated carbocycles. The van der Waals surface area contributed by atoms with Crippen LogP contribution in [0.15, 0.2) is 65.1 Å². The van der Waals surface area contributed by atoms with Crippen molar-refractivity contribution in [3.8, 4) is 17.2 Å². The van der Waals surface area contributed by atoms with Crippen LogP contribution in [0, 0.1) is 13.8 Å². The number of carbonyl (C=O) groups excluding carboxylic acids is 1. The first kappa shape index (κ1) is 19.0. The van der Waals surface area contributed by atoms with Gasteiger partial charge in [-0.1, -0.05) is 29.8 Å². The van der Waals surface area contributed by atoms with Crippen LogP contribution < -0.4 is 10.1 Å². The Hall–Kier alpha value is -3.31. The van der Waals surface area contributed by atoms with Crippen LogP contribution in [0.2, 0.25) is 5.02 Å². The number of aromatic nitrogens is 1. The van der Waals surface area contributed by atoms with E-state index in [1.54, 1.807) is 18.2 Å². The molecule has 146 valence electrons. The minimum absolute atomic E-state index is 0.0577. The zero-order valence-electron chi connectivity index (χ0n) is 16.0. The molecule has 29 heavy (non-hydrogen) atoms. The first-order valence-corrected chi connectivity index (χ1v) is 9.53. The van der Waals surface area contributed by atoms with E-state index >= 15 is 0 Å². The van der Waals surface area contributed by atoms with Crippen molar-refractivity contribution in [3.05, 3.63) is 76.8 Å². The lowest BCUT2D eigenvalue weighted by Gasteiger charge is -2.09. The average Bonchev–Trinajstić information content (AvgIpc) is 3.11. The normalized spacial score (nSPS) is 10.9. The summed E-state index contributed by atoms with van der Waals surface area (Å²) in [4.78, 5) is 16.6. The van der Waals surface area contributed by atoms with Gasteiger partial charge in [0.2, 0.25) is 5.89 Å². The van der Waals surface area contributed by atoms with Crippen LogP contribution in [0.3, 0.4) is 0 Å². The highest BCUT2D eigenvalue weighted by atomic mass is 35.5. The second kappa shape index (κ2) is 7.97. The number of ether oxygens (including phenoxy) is 1. The summed E-state index contributed by atoms with van der Waals surface area (Å²) >= 11 is 6.15. The average molecular weight is 407 g/mol. The predicted molar refractivity (Wildman–Crippen MR) is 114 cm³/mol. The molecule has 0 fully saturated rings. The lowest BCUT2D eigenvalue weighted by atomic mass is 10.2. The number of hydrogen-bond acceptors (Lipinski definition) is 4. The number of fused-ring (bicyclic) bond motifs is 1. The highest BCUT2D eigenvalue weighted by molar-refractivity contribution is 6.32. The molecule has 6 heteroatoms. The van der Waals surface area contributed by atoms with E-state index in [1.165, 1.54) is 0 Å². The molecule has 0 spiro atoms. The summed E-state index contributed by atoms with van der Waals surface area (Å²) in [6, 6.07) is 18.5. The van der Waals surface area contributed by atoms with Gasteiger partial charge in [-0.15, -0.1) is 0 Å². The second-order valence-electron chi connectivity index (χ2n) is 6.77. The van der Waals surface area contributed by atoms with Crippen LogP contribution in [0.1, 0.15) is 11.1 Å². The molecule has 0 aliphatic rings. The third-order valence-electron chi connectivity index (χ3n) is 4.54. The van der Waals surface area contributed by atoms with Gasteiger partial charge in [0.15, 0.2) is 12.2 Å². The number of rotatable bonds is 5. The van der Waals surface area contributed by atoms with E-state index < -0.39 is 0 Å². The number of hydrogen-bond donors (Lipinski definition) is 1. The van der Waals surface area contributed by atoms with E-state index in [0.717, 1.165) is 16.7 Å². The van der Waals surface area contributed by atoms with Crippen LogP contribution in [-0.2, 0) is 4.79 Å². The van der Waals surface area contributed by atoms with Gasteiger partial charge in [0, 0.05) is 16.3 Å². The molecule has 3 aromatic carbocycles. The van der Waals surface area contributed by atoms with Crippen LogP contribution >= 0.6 is 11.6 Å². The zero-order valence-corrected chi connectivity index (χ0v) is 16.8. The van der Waals surface area contributed by atoms with Crippen molar-refractivity contribution in [1.29, 1.82) is 0 Å². The number of carbonyl (C=O) groups is 1. The molecule has 0 aliphatic heterocycles. The molecular formula is C23H19ClN2O3. The summed E-state index contributed by atoms with van der Waals surface area (Å²) in [5, 5.41) is 3.48. The van der Waals surface area contributed by atoms with Gasteiger partial charge >= 0.3 is 0 Å². The lowest BCUT2D eigenvalue weighted by molar-refractivity contribution is -0.118. The first-order chi connectivity index (χ1) is 14.0. The second-order valence-corrected chi connectivity index (χ2v) is 7.18. The van der Waals surface area contributed by atoms with Gasteiger partial charge in [-0.3, -0.25) is 4.79 Å². The van der Waals surface area contributed by atoms with Crippen molar-refractivity contribution in [2.24, 2.45) is 0 Å². The maximum absolute atomic E-state index is 12.2. The number of aryl methyl sites for hydroxylation is 2. The Morgan fingerprint density at radius 3 is 2.59 bits per heavy atom. The number of halogens is 1. The molecule has 0 saturated heterocycles. The number of oxazole rings is 1. The van der Waals surface area contributed by atoms with Crippen molar-refractivity contribution in [2.45, 2.75) is 13.8 Å². The Balaban J connectivity index is 1.42. The molecule has 1 heterocycles. The van der Waals surface area contributed by atoms with E-state index in [1.807, 2.05) is 56.3 Å². The first-order valence-electron chi connectivity index (χ1n) is 9.15. The Bertz CT molecular complexity index is 1140. The number of benzene rings is 3. The minimum Gasteiger partial charge on any atom is -0.483 e. The molecule has 1 aromatic heterocycles. The maximum Gasteiger partial charge on any atom is 0.262 e. The number of nitrogens with zero attached hydrogens (tertiary/aromatic N) is 1. The van der Waals surface area contributed by atoms with Crippen molar-refractivity contribution in [3.63, 3.8) is 0 Å². The monoisotopic (exact) mass is 406 g/mol. The third kappa shape index (κ3) is 4.25. The predicted octanol–water partition coefficient (Wildman–Crippen LogP) is 5.78. The highest BCUT2D eigenvalue weighted by Gasteiger charge is 2.11. The van der Waals surface area contributed by atoms with Gasteiger partial charge in [-0.05, 0) is 67.4 Å². The summed E-state index contributed by atoms with van der Waals surface area (Å²) in [6.45, 7) is 3.80. The molecule has 4 rings (SSSR count). The van der Waals surface area contributed by atoms with Crippen LogP contribution in [-0.4, -0.2) is 17.5 Å². The lowest BCUT2D eigenvalue weighted by Crippen LogP contribution is -2.20. The molecule has 1 N–H and O–H groups in total. The maximum atomic E-state index is 12.2. The Labute approximate surface area is 173 Å². The summed E-state index contributed by atoms with van der Waals surface area (Å²) in [6.07, 6.45) is 0. The largest absolute Gasteiger partial charge is 0.483 e. The van der Waals surface area contributed by atoms with Crippen LogP contribution in [0.25, 0.3) is 22.6 Å². The number of nitrogens with one attached hydrogen (secondary N) is 1. The van der Waals surface area contributed by atoms with Gasteiger partial charge in [-0.2, -0.15) is 0 Å². The summed E-state index contributed by atoms with van der Waals surface area (Å²) < 4.78 is 11.4. The van der Waals surface area contributed by atoms with Crippen LogP contribution in [0.5, 0.6) is 5.75 Å². The molecule has 1 amide bonds. The highest BCUT2D eigenvalue weighted by Crippen LogP contribution is 2.29. The molecular weight excluding hydrogens is 388 g/mol. The number of anilines is 1. The molecule has 0 radical (unpaired) electrons. The van der Waals surface area contributed by atoms with Crippen molar-refractivity contribution >= 4 is 34.3 Å². The van der Waals surface area contributed by atoms with Crippen molar-refractivity contribution < 1.29 is 13.9 Å². The van der Waals surface area contributed by atoms with Gasteiger partial charge in [0.25, 0.3) is 5.91 Å². The smallest absolute Gasteiger partial charge is 0.262 e. The van der Waals surface area contributed by atoms with Gasteiger partial charge in [0.1, 0.15) is 11.3 Å². The standard InChI is InChI=1S/C23H19ClN2O3/c1-14-5-3-4-6-20(14)28-13-22(27)25-17-9-7-16(8-10-17)23-26-19-12-18(24)15(2)11-21(19)29-23/h3-12H,13H2,1-2H3,(H,25,27). The van der Waals surface area contributed by atoms with E-state index in [9.17, 15) is 4.79 Å². The topological polar surface area (TPSA) is 64.4 Å². The van der Waals surface area contributed by atoms with Crippen LogP contribution in [0.4, 0.5) is 5.69 Å². The van der Waals surface area contributed by atoms with E-state index in [0.29, 0.717) is 33.4 Å². The summed E-state index contributed by atoms with van der Waals surface area (Å²) in [5.41, 5.74) is 4.80. The van der Waals surface area contributed by atoms with E-state index in [2.05, 4.69) is 10.3 Å². The fourth-order valence-electron chi connectivity index (χ4n) is 2.93. The Kier molecular flexibility index (Phi) is 5.23. The van der Waals surface area contributed by atoms with Crippen molar-refractivity contribution in [1.82, 2.24) is 4.98 Å². The molecule has 0 bridgehead atoms. The fourth-order valence-corrected chi connectivity index (χ4v) is 3.09. The van der Waals surface area contributed by atoms with Gasteiger partial charge in [-0.25, -0.2) is 4.98 Å². The molecule has 4 aromatic rings. The summed E-state index contributed by atoms with van der Waals surface area (Å²) in [7, 11) is 0. The number of amides is 1. The van der Waals surface area contributed by atoms with Gasteiger partial charge < -0.3 is 14.5 Å². The molecule has 0 atom stereocenters. The fraction of sp³-hybridized carbons (Fsp3) is 0.130. The molecule has 5 nitrogen and oxygen atoms in total. The Morgan fingerprint density at radius 1 is 1.07 bits per heavy atom. The molecule has 0 aliphatic carbocycles. The number of para-hydroxylation sites is 1. The van der Waals surface area contributed by atoms with Crippen molar-refractivity contribution in [2.75, 3.05) is 11.9 Å². The minimum atomic E-state index is -0.229. The molecule has 0 unspecified atom stereocenters. The Morgan fingerprint density at radius 2 is 1.83 bits per heavy atom. The SMILES string of the molecule is Cc1cc2oc(-c3ccc(NC(=O)COc4ccccc4C)cc3)nc2cc1Cl. The van der Waals surface area contributed by atoms with Gasteiger partial charge in [0.05, 0.1) is 0 Å². The zero-order chi connectivity index (χ0) is 20.4. The third-order valence-corrected chi connectivity index (χ3v) is 4.94. The summed E-state index contributed by atoms with van der Waals surface area (Å²) in [5.74, 6) is 0.972. The van der Waals surface area contributed by atoms with E-state index in [4.69, 9.17) is 20.8 Å². The quantitative estimate of drug-likeness (QED) is 0.456.